The Labute approximate surface area is 84.1 Å². The summed E-state index contributed by atoms with van der Waals surface area (Å²) in [5, 5.41) is 3.02. The number of hydrogen-bond donors (Lipinski definition) is 1. The molecule has 1 aromatic carbocycles. The van der Waals surface area contributed by atoms with E-state index in [1.165, 1.54) is 6.07 Å². The highest BCUT2D eigenvalue weighted by Gasteiger charge is 1.99. The standard InChI is InChI=1S/C11H16FNO/c1-13-7-4-8-14-9-10-5-2-3-6-11(10)12/h2-3,5-6,13H,4,7-9H2,1H3. The Kier molecular flexibility index (Phi) is 5.19. The molecule has 0 unspecified atom stereocenters. The molecule has 0 spiro atoms. The Bertz CT molecular complexity index is 265. The molecule has 1 aromatic rings. The maximum Gasteiger partial charge on any atom is 0.128 e. The highest BCUT2D eigenvalue weighted by Crippen LogP contribution is 2.07. The number of hydrogen-bond acceptors (Lipinski definition) is 2. The van der Waals surface area contributed by atoms with Crippen molar-refractivity contribution in [3.8, 4) is 0 Å². The van der Waals surface area contributed by atoms with E-state index in [0.717, 1.165) is 13.0 Å². The average Bonchev–Trinajstić information content (AvgIpc) is 2.20. The molecule has 78 valence electrons. The minimum atomic E-state index is -0.193. The number of ether oxygens (including phenoxy) is 1. The summed E-state index contributed by atoms with van der Waals surface area (Å²) < 4.78 is 18.4. The van der Waals surface area contributed by atoms with Crippen LogP contribution in [0.3, 0.4) is 0 Å². The van der Waals surface area contributed by atoms with Crippen molar-refractivity contribution in [2.45, 2.75) is 13.0 Å². The SMILES string of the molecule is CNCCCOCc1ccccc1F. The quantitative estimate of drug-likeness (QED) is 0.704. The normalized spacial score (nSPS) is 10.4. The van der Waals surface area contributed by atoms with Crippen molar-refractivity contribution in [3.63, 3.8) is 0 Å². The first-order valence-electron chi connectivity index (χ1n) is 4.80. The Morgan fingerprint density at radius 3 is 2.86 bits per heavy atom. The second-order valence-electron chi connectivity index (χ2n) is 3.10. The third-order valence-corrected chi connectivity index (χ3v) is 1.93. The summed E-state index contributed by atoms with van der Waals surface area (Å²) >= 11 is 0. The maximum atomic E-state index is 13.1. The van der Waals surface area contributed by atoms with Gasteiger partial charge in [-0.05, 0) is 26.1 Å². The van der Waals surface area contributed by atoms with Gasteiger partial charge in [0.1, 0.15) is 5.82 Å². The molecule has 0 heterocycles. The smallest absolute Gasteiger partial charge is 0.128 e. The summed E-state index contributed by atoms with van der Waals surface area (Å²) in [6.45, 7) is 1.95. The molecule has 3 heteroatoms. The van der Waals surface area contributed by atoms with E-state index in [-0.39, 0.29) is 5.82 Å². The average molecular weight is 197 g/mol. The van der Waals surface area contributed by atoms with E-state index in [4.69, 9.17) is 4.74 Å². The largest absolute Gasteiger partial charge is 0.377 e. The van der Waals surface area contributed by atoms with Crippen molar-refractivity contribution in [3.05, 3.63) is 35.6 Å². The number of benzene rings is 1. The zero-order chi connectivity index (χ0) is 10.2. The van der Waals surface area contributed by atoms with Gasteiger partial charge in [-0.1, -0.05) is 18.2 Å². The van der Waals surface area contributed by atoms with Crippen LogP contribution in [0.2, 0.25) is 0 Å². The third-order valence-electron chi connectivity index (χ3n) is 1.93. The van der Waals surface area contributed by atoms with E-state index < -0.39 is 0 Å². The Morgan fingerprint density at radius 1 is 1.36 bits per heavy atom. The molecule has 0 atom stereocenters. The number of nitrogens with one attached hydrogen (secondary N) is 1. The molecule has 0 saturated carbocycles. The van der Waals surface area contributed by atoms with Gasteiger partial charge in [0.05, 0.1) is 6.61 Å². The van der Waals surface area contributed by atoms with Crippen LogP contribution in [0.1, 0.15) is 12.0 Å². The van der Waals surface area contributed by atoms with Crippen LogP contribution < -0.4 is 5.32 Å². The maximum absolute atomic E-state index is 13.1. The summed E-state index contributed by atoms with van der Waals surface area (Å²) in [7, 11) is 1.90. The molecule has 0 aliphatic rings. The van der Waals surface area contributed by atoms with E-state index in [2.05, 4.69) is 5.32 Å². The van der Waals surface area contributed by atoms with Crippen LogP contribution in [0.15, 0.2) is 24.3 Å². The number of rotatable bonds is 6. The molecule has 0 aliphatic heterocycles. The predicted molar refractivity (Wildman–Crippen MR) is 54.6 cm³/mol. The van der Waals surface area contributed by atoms with Crippen LogP contribution in [0.5, 0.6) is 0 Å². The van der Waals surface area contributed by atoms with E-state index in [0.29, 0.717) is 18.8 Å². The molecule has 1 N–H and O–H groups in total. The van der Waals surface area contributed by atoms with Crippen molar-refractivity contribution < 1.29 is 9.13 Å². The molecule has 0 bridgehead atoms. The summed E-state index contributed by atoms with van der Waals surface area (Å²) in [5.74, 6) is -0.193. The lowest BCUT2D eigenvalue weighted by molar-refractivity contribution is 0.116. The van der Waals surface area contributed by atoms with Gasteiger partial charge in [-0.3, -0.25) is 0 Å². The topological polar surface area (TPSA) is 21.3 Å². The number of halogens is 1. The molecule has 0 aliphatic carbocycles. The van der Waals surface area contributed by atoms with Crippen molar-refractivity contribution in [1.82, 2.24) is 5.32 Å². The molecule has 0 fully saturated rings. The lowest BCUT2D eigenvalue weighted by atomic mass is 10.2. The summed E-state index contributed by atoms with van der Waals surface area (Å²) in [6.07, 6.45) is 0.949. The first-order chi connectivity index (χ1) is 6.84. The van der Waals surface area contributed by atoms with Crippen molar-refractivity contribution in [2.24, 2.45) is 0 Å². The van der Waals surface area contributed by atoms with Crippen molar-refractivity contribution in [1.29, 1.82) is 0 Å². The van der Waals surface area contributed by atoms with E-state index >= 15 is 0 Å². The fourth-order valence-electron chi connectivity index (χ4n) is 1.15. The van der Waals surface area contributed by atoms with E-state index in [9.17, 15) is 4.39 Å². The fourth-order valence-corrected chi connectivity index (χ4v) is 1.15. The highest BCUT2D eigenvalue weighted by molar-refractivity contribution is 5.16. The van der Waals surface area contributed by atoms with E-state index in [1.807, 2.05) is 13.1 Å². The Balaban J connectivity index is 2.21. The molecule has 0 amide bonds. The van der Waals surface area contributed by atoms with Crippen LogP contribution in [0.4, 0.5) is 4.39 Å². The van der Waals surface area contributed by atoms with Gasteiger partial charge in [-0.15, -0.1) is 0 Å². The van der Waals surface area contributed by atoms with E-state index in [1.54, 1.807) is 12.1 Å². The highest BCUT2D eigenvalue weighted by atomic mass is 19.1. The fraction of sp³-hybridized carbons (Fsp3) is 0.455. The van der Waals surface area contributed by atoms with Crippen LogP contribution in [-0.4, -0.2) is 20.2 Å². The predicted octanol–water partition coefficient (Wildman–Crippen LogP) is 1.95. The van der Waals surface area contributed by atoms with Gasteiger partial charge >= 0.3 is 0 Å². The molecule has 0 aromatic heterocycles. The van der Waals surface area contributed by atoms with Crippen molar-refractivity contribution in [2.75, 3.05) is 20.2 Å². The summed E-state index contributed by atoms with van der Waals surface area (Å²) in [5.41, 5.74) is 0.622. The second-order valence-corrected chi connectivity index (χ2v) is 3.10. The minimum absolute atomic E-state index is 0.193. The van der Waals surface area contributed by atoms with Gasteiger partial charge in [0.15, 0.2) is 0 Å². The van der Waals surface area contributed by atoms with Crippen LogP contribution >= 0.6 is 0 Å². The van der Waals surface area contributed by atoms with Gasteiger partial charge in [0.2, 0.25) is 0 Å². The molecular formula is C11H16FNO. The second kappa shape index (κ2) is 6.51. The van der Waals surface area contributed by atoms with Gasteiger partial charge in [0.25, 0.3) is 0 Å². The zero-order valence-electron chi connectivity index (χ0n) is 8.42. The monoisotopic (exact) mass is 197 g/mol. The lowest BCUT2D eigenvalue weighted by Gasteiger charge is -2.04. The molecule has 1 rings (SSSR count). The summed E-state index contributed by atoms with van der Waals surface area (Å²) in [6, 6.07) is 6.69. The third kappa shape index (κ3) is 3.85. The molecule has 14 heavy (non-hydrogen) atoms. The van der Waals surface area contributed by atoms with Crippen molar-refractivity contribution >= 4 is 0 Å². The first-order valence-corrected chi connectivity index (χ1v) is 4.80. The minimum Gasteiger partial charge on any atom is -0.377 e. The Hall–Kier alpha value is -0.930. The molecule has 0 radical (unpaired) electrons. The van der Waals surface area contributed by atoms with Crippen LogP contribution in [-0.2, 0) is 11.3 Å². The summed E-state index contributed by atoms with van der Waals surface area (Å²) in [4.78, 5) is 0. The van der Waals surface area contributed by atoms with Gasteiger partial charge in [-0.25, -0.2) is 4.39 Å². The molecule has 0 saturated heterocycles. The first kappa shape index (κ1) is 11.1. The Morgan fingerprint density at radius 2 is 2.14 bits per heavy atom. The molecule has 2 nitrogen and oxygen atoms in total. The van der Waals surface area contributed by atoms with Gasteiger partial charge in [0, 0.05) is 12.2 Å². The zero-order valence-corrected chi connectivity index (χ0v) is 8.42. The van der Waals surface area contributed by atoms with Gasteiger partial charge < -0.3 is 10.1 Å². The van der Waals surface area contributed by atoms with Crippen LogP contribution in [0, 0.1) is 5.82 Å². The lowest BCUT2D eigenvalue weighted by Crippen LogP contribution is -2.10. The van der Waals surface area contributed by atoms with Crippen LogP contribution in [0.25, 0.3) is 0 Å². The molecular weight excluding hydrogens is 181 g/mol. The van der Waals surface area contributed by atoms with Gasteiger partial charge in [-0.2, -0.15) is 0 Å².